The molecule has 8 nitrogen and oxygen atoms in total. The molecular weight excluding hydrogens is 672 g/mol. The smallest absolute Gasteiger partial charge is 0.217 e. The minimum atomic E-state index is -1.38. The van der Waals surface area contributed by atoms with Gasteiger partial charge in [-0.3, -0.25) is 9.59 Å². The first-order valence-corrected chi connectivity index (χ1v) is 14.4. The van der Waals surface area contributed by atoms with Crippen LogP contribution >= 0.6 is 31.9 Å². The average molecular weight is 698 g/mol. The summed E-state index contributed by atoms with van der Waals surface area (Å²) in [5.41, 5.74) is 1.67. The summed E-state index contributed by atoms with van der Waals surface area (Å²) >= 11 is 6.90. The molecule has 216 valence electrons. The molecule has 0 spiro atoms. The maximum absolute atomic E-state index is 14.0. The number of halogens is 2. The third-order valence-corrected chi connectivity index (χ3v) is 9.41. The first-order chi connectivity index (χ1) is 20.1. The molecule has 0 heterocycles. The molecule has 2 aliphatic carbocycles. The zero-order valence-electron chi connectivity index (χ0n) is 23.6. The van der Waals surface area contributed by atoms with Gasteiger partial charge in [-0.25, -0.2) is 0 Å². The predicted octanol–water partition coefficient (Wildman–Crippen LogP) is 7.00. The van der Waals surface area contributed by atoms with Crippen molar-refractivity contribution in [1.29, 1.82) is 0 Å². The zero-order chi connectivity index (χ0) is 30.1. The number of allylic oxidation sites excluding steroid dienone is 2. The molecule has 0 unspecified atom stereocenters. The molecule has 0 bridgehead atoms. The van der Waals surface area contributed by atoms with E-state index in [4.69, 9.17) is 28.4 Å². The fourth-order valence-electron chi connectivity index (χ4n) is 6.24. The number of fused-ring (bicyclic) bond motifs is 9. The van der Waals surface area contributed by atoms with Crippen molar-refractivity contribution in [1.82, 2.24) is 0 Å². The van der Waals surface area contributed by atoms with Crippen LogP contribution in [0.5, 0.6) is 11.5 Å². The van der Waals surface area contributed by atoms with E-state index in [1.807, 2.05) is 24.3 Å². The minimum Gasteiger partial charge on any atom is -0.496 e. The van der Waals surface area contributed by atoms with Gasteiger partial charge in [-0.15, -0.1) is 0 Å². The van der Waals surface area contributed by atoms with Gasteiger partial charge in [0.2, 0.25) is 23.1 Å². The second kappa shape index (κ2) is 10.3. The van der Waals surface area contributed by atoms with Crippen LogP contribution in [0.2, 0.25) is 0 Å². The van der Waals surface area contributed by atoms with Crippen molar-refractivity contribution in [3.8, 4) is 11.5 Å². The van der Waals surface area contributed by atoms with E-state index in [-0.39, 0.29) is 20.5 Å². The van der Waals surface area contributed by atoms with Crippen molar-refractivity contribution < 1.29 is 38.0 Å². The summed E-state index contributed by atoms with van der Waals surface area (Å²) < 4.78 is 35.8. The van der Waals surface area contributed by atoms with Crippen LogP contribution in [0, 0.1) is 0 Å². The van der Waals surface area contributed by atoms with E-state index in [9.17, 15) is 9.59 Å². The third kappa shape index (κ3) is 3.73. The number of carbonyl (C=O) groups is 2. The highest BCUT2D eigenvalue weighted by Gasteiger charge is 2.44. The summed E-state index contributed by atoms with van der Waals surface area (Å²) in [7, 11) is 9.16. The molecule has 0 saturated carbocycles. The summed E-state index contributed by atoms with van der Waals surface area (Å²) in [6.07, 6.45) is 3.18. The second-order valence-corrected chi connectivity index (χ2v) is 11.6. The largest absolute Gasteiger partial charge is 0.496 e. The first-order valence-electron chi connectivity index (χ1n) is 12.8. The van der Waals surface area contributed by atoms with Crippen molar-refractivity contribution in [2.24, 2.45) is 0 Å². The van der Waals surface area contributed by atoms with Crippen LogP contribution < -0.4 is 9.47 Å². The molecule has 0 aliphatic heterocycles. The fraction of sp³-hybridized carbons (Fsp3) is 0.250. The van der Waals surface area contributed by atoms with E-state index in [1.165, 1.54) is 28.4 Å². The summed E-state index contributed by atoms with van der Waals surface area (Å²) in [5, 5.41) is 3.95. The number of methoxy groups -OCH3 is 6. The molecule has 6 rings (SSSR count). The van der Waals surface area contributed by atoms with Crippen molar-refractivity contribution in [2.45, 2.75) is 11.6 Å². The highest BCUT2D eigenvalue weighted by Crippen LogP contribution is 2.51. The number of rotatable bonds is 6. The monoisotopic (exact) mass is 696 g/mol. The SMILES string of the molecule is COc1cc2c(c3c1ccc1ccc4c(OC)cc5c(c4c13)C(=O)C(Br)=CC5(OC)OC)C(=O)C(Br)=CC2(OC)OC. The highest BCUT2D eigenvalue weighted by molar-refractivity contribution is 9.12. The van der Waals surface area contributed by atoms with Gasteiger partial charge in [0.25, 0.3) is 0 Å². The lowest BCUT2D eigenvalue weighted by Gasteiger charge is -2.35. The van der Waals surface area contributed by atoms with Crippen LogP contribution in [0.15, 0.2) is 57.5 Å². The Morgan fingerprint density at radius 2 is 0.952 bits per heavy atom. The van der Waals surface area contributed by atoms with Crippen LogP contribution in [0.1, 0.15) is 31.8 Å². The van der Waals surface area contributed by atoms with Gasteiger partial charge in [-0.1, -0.05) is 12.1 Å². The molecule has 10 heteroatoms. The number of hydrogen-bond acceptors (Lipinski definition) is 8. The van der Waals surface area contributed by atoms with Crippen LogP contribution in [0.3, 0.4) is 0 Å². The lowest BCUT2D eigenvalue weighted by atomic mass is 9.80. The first kappa shape index (κ1) is 29.0. The molecule has 0 aromatic heterocycles. The highest BCUT2D eigenvalue weighted by atomic mass is 79.9. The molecule has 0 saturated heterocycles. The number of hydrogen-bond donors (Lipinski definition) is 0. The van der Waals surface area contributed by atoms with Gasteiger partial charge in [0.15, 0.2) is 0 Å². The Kier molecular flexibility index (Phi) is 7.07. The van der Waals surface area contributed by atoms with Gasteiger partial charge in [0.1, 0.15) is 11.5 Å². The van der Waals surface area contributed by atoms with Crippen molar-refractivity contribution in [2.75, 3.05) is 42.7 Å². The van der Waals surface area contributed by atoms with Gasteiger partial charge in [-0.2, -0.15) is 0 Å². The number of ketones is 2. The Hall–Kier alpha value is -3.12. The summed E-state index contributed by atoms with van der Waals surface area (Å²) in [6, 6.07) is 11.2. The molecule has 0 N–H and O–H groups in total. The minimum absolute atomic E-state index is 0.265. The average Bonchev–Trinajstić information content (AvgIpc) is 3.02. The molecule has 4 aromatic carbocycles. The van der Waals surface area contributed by atoms with Gasteiger partial charge in [-0.05, 0) is 79.0 Å². The standard InChI is InChI=1S/C32H26Br2O8/c1-37-22-11-18-27(29(35)20(33)13-31(18,39-3)40-4)25-16(22)9-7-15-8-10-17-23(38-2)12-19-28(26(17)24(15)25)30(36)21(34)14-32(19,41-5)42-6/h7-14H,1-6H3. The van der Waals surface area contributed by atoms with Crippen molar-refractivity contribution >= 4 is 75.7 Å². The molecule has 42 heavy (non-hydrogen) atoms. The molecule has 0 fully saturated rings. The zero-order valence-corrected chi connectivity index (χ0v) is 26.8. The van der Waals surface area contributed by atoms with Crippen LogP contribution in [0.25, 0.3) is 32.3 Å². The molecule has 2 aliphatic rings. The van der Waals surface area contributed by atoms with Crippen LogP contribution in [-0.4, -0.2) is 54.2 Å². The second-order valence-electron chi connectivity index (χ2n) is 9.87. The van der Waals surface area contributed by atoms with Gasteiger partial charge in [0.05, 0.1) is 23.2 Å². The summed E-state index contributed by atoms with van der Waals surface area (Å²) in [6.45, 7) is 0. The lowest BCUT2D eigenvalue weighted by molar-refractivity contribution is -0.179. The summed E-state index contributed by atoms with van der Waals surface area (Å²) in [5.74, 6) is -2.27. The van der Waals surface area contributed by atoms with Crippen LogP contribution in [-0.2, 0) is 30.5 Å². The number of benzene rings is 4. The topological polar surface area (TPSA) is 89.5 Å². The fourth-order valence-corrected chi connectivity index (χ4v) is 7.24. The summed E-state index contributed by atoms with van der Waals surface area (Å²) in [4.78, 5) is 28.1. The Morgan fingerprint density at radius 3 is 1.29 bits per heavy atom. The normalized spacial score (nSPS) is 17.2. The maximum atomic E-state index is 14.0. The van der Waals surface area contributed by atoms with E-state index in [1.54, 1.807) is 38.5 Å². The van der Waals surface area contributed by atoms with E-state index in [0.717, 1.165) is 5.39 Å². The van der Waals surface area contributed by atoms with E-state index in [0.29, 0.717) is 60.7 Å². The van der Waals surface area contributed by atoms with E-state index < -0.39 is 11.6 Å². The van der Waals surface area contributed by atoms with E-state index in [2.05, 4.69) is 31.9 Å². The van der Waals surface area contributed by atoms with Crippen LogP contribution in [0.4, 0.5) is 0 Å². The Bertz CT molecular complexity index is 1780. The van der Waals surface area contributed by atoms with E-state index >= 15 is 0 Å². The predicted molar refractivity (Wildman–Crippen MR) is 166 cm³/mol. The Balaban J connectivity index is 1.96. The van der Waals surface area contributed by atoms with Gasteiger partial charge in [0, 0.05) is 72.2 Å². The lowest BCUT2D eigenvalue weighted by Crippen LogP contribution is -2.35. The molecule has 4 aromatic rings. The van der Waals surface area contributed by atoms with Gasteiger partial charge < -0.3 is 28.4 Å². The molecule has 0 radical (unpaired) electrons. The van der Waals surface area contributed by atoms with Crippen molar-refractivity contribution in [3.05, 3.63) is 79.8 Å². The van der Waals surface area contributed by atoms with Gasteiger partial charge >= 0.3 is 0 Å². The third-order valence-electron chi connectivity index (χ3n) is 8.23. The van der Waals surface area contributed by atoms with Crippen molar-refractivity contribution in [3.63, 3.8) is 0 Å². The Morgan fingerprint density at radius 1 is 0.571 bits per heavy atom. The molecular formula is C32H26Br2O8. The molecule has 0 atom stereocenters. The number of ether oxygens (including phenoxy) is 6. The Labute approximate surface area is 258 Å². The maximum Gasteiger partial charge on any atom is 0.217 e. The quantitative estimate of drug-likeness (QED) is 0.157. The number of carbonyl (C=O) groups excluding carboxylic acids is 2. The number of Topliss-reactive ketones (excluding diaryl/α,β-unsaturated/α-hetero) is 2. The molecule has 0 amide bonds.